The second kappa shape index (κ2) is 7.62. The topological polar surface area (TPSA) is 53.5 Å². The number of hydrogen-bond acceptors (Lipinski definition) is 3. The molecule has 0 radical (unpaired) electrons. The first kappa shape index (κ1) is 16.7. The quantitative estimate of drug-likeness (QED) is 0.548. The third-order valence-electron chi connectivity index (χ3n) is 4.00. The first-order valence-electron chi connectivity index (χ1n) is 8.24. The Morgan fingerprint density at radius 1 is 1.00 bits per heavy atom. The molecule has 3 aromatic carbocycles. The van der Waals surface area contributed by atoms with Crippen molar-refractivity contribution in [3.05, 3.63) is 77.4 Å². The van der Waals surface area contributed by atoms with Crippen molar-refractivity contribution in [3.63, 3.8) is 0 Å². The van der Waals surface area contributed by atoms with Crippen LogP contribution in [0.5, 0.6) is 0 Å². The fourth-order valence-electron chi connectivity index (χ4n) is 2.69. The van der Waals surface area contributed by atoms with Gasteiger partial charge in [0.2, 0.25) is 0 Å². The molecule has 0 fully saturated rings. The summed E-state index contributed by atoms with van der Waals surface area (Å²) < 4.78 is 0. The van der Waals surface area contributed by atoms with Gasteiger partial charge in [0.15, 0.2) is 0 Å². The van der Waals surface area contributed by atoms with E-state index in [0.717, 1.165) is 22.2 Å². The molecule has 3 rings (SSSR count). The molecule has 25 heavy (non-hydrogen) atoms. The molecule has 1 amide bonds. The highest BCUT2D eigenvalue weighted by Gasteiger charge is 2.02. The molecule has 2 N–H and O–H groups in total. The maximum absolute atomic E-state index is 11.9. The van der Waals surface area contributed by atoms with Gasteiger partial charge in [-0.3, -0.25) is 4.79 Å². The molecule has 0 aliphatic heterocycles. The number of carbonyl (C=O) groups excluding carboxylic acids is 1. The minimum Gasteiger partial charge on any atom is -0.376 e. The van der Waals surface area contributed by atoms with E-state index in [1.54, 1.807) is 6.21 Å². The van der Waals surface area contributed by atoms with E-state index >= 15 is 0 Å². The third kappa shape index (κ3) is 4.44. The summed E-state index contributed by atoms with van der Waals surface area (Å²) in [5.41, 5.74) is 6.77. The van der Waals surface area contributed by atoms with E-state index in [4.69, 9.17) is 0 Å². The number of nitrogens with one attached hydrogen (secondary N) is 2. The molecule has 0 unspecified atom stereocenters. The van der Waals surface area contributed by atoms with E-state index in [1.165, 1.54) is 10.9 Å². The van der Waals surface area contributed by atoms with Crippen LogP contribution in [0.15, 0.2) is 65.8 Å². The van der Waals surface area contributed by atoms with Crippen LogP contribution >= 0.6 is 0 Å². The molecular formula is C21H21N3O. The van der Waals surface area contributed by atoms with Gasteiger partial charge < -0.3 is 5.32 Å². The molecule has 4 heteroatoms. The summed E-state index contributed by atoms with van der Waals surface area (Å²) in [6, 6.07) is 20.3. The molecule has 0 bridgehead atoms. The fourth-order valence-corrected chi connectivity index (χ4v) is 2.69. The molecule has 0 spiro atoms. The molecule has 3 aromatic rings. The number of aryl methyl sites for hydroxylation is 2. The van der Waals surface area contributed by atoms with E-state index in [-0.39, 0.29) is 12.5 Å². The lowest BCUT2D eigenvalue weighted by Gasteiger charge is -2.09. The van der Waals surface area contributed by atoms with Crippen LogP contribution in [0.1, 0.15) is 16.7 Å². The molecule has 126 valence electrons. The first-order chi connectivity index (χ1) is 12.1. The Kier molecular flexibility index (Phi) is 5.09. The van der Waals surface area contributed by atoms with Crippen molar-refractivity contribution in [2.45, 2.75) is 13.8 Å². The number of carbonyl (C=O) groups is 1. The maximum Gasteiger partial charge on any atom is 0.259 e. The minimum atomic E-state index is -0.183. The number of hydrogen-bond donors (Lipinski definition) is 2. The van der Waals surface area contributed by atoms with Crippen LogP contribution in [0.3, 0.4) is 0 Å². The molecule has 0 heterocycles. The average molecular weight is 331 g/mol. The number of amides is 1. The highest BCUT2D eigenvalue weighted by molar-refractivity contribution is 5.91. The summed E-state index contributed by atoms with van der Waals surface area (Å²) in [6.07, 6.45) is 1.65. The number of nitrogens with zero attached hydrogens (tertiary/aromatic N) is 1. The van der Waals surface area contributed by atoms with Gasteiger partial charge in [-0.2, -0.15) is 5.10 Å². The number of hydrazone groups is 1. The SMILES string of the molecule is Cc1ccc(NCC(=O)N/N=C\c2ccc3ccccc3c2)c(C)c1. The van der Waals surface area contributed by atoms with Crippen LogP contribution in [0.4, 0.5) is 5.69 Å². The van der Waals surface area contributed by atoms with Crippen molar-refractivity contribution in [3.8, 4) is 0 Å². The number of anilines is 1. The number of benzene rings is 3. The van der Waals surface area contributed by atoms with E-state index < -0.39 is 0 Å². The molecule has 0 atom stereocenters. The van der Waals surface area contributed by atoms with Crippen LogP contribution in [0.2, 0.25) is 0 Å². The van der Waals surface area contributed by atoms with Gasteiger partial charge in [-0.05, 0) is 47.9 Å². The largest absolute Gasteiger partial charge is 0.376 e. The summed E-state index contributed by atoms with van der Waals surface area (Å²) >= 11 is 0. The second-order valence-electron chi connectivity index (χ2n) is 6.07. The fraction of sp³-hybridized carbons (Fsp3) is 0.143. The average Bonchev–Trinajstić information content (AvgIpc) is 2.61. The van der Waals surface area contributed by atoms with Gasteiger partial charge in [-0.15, -0.1) is 0 Å². The van der Waals surface area contributed by atoms with E-state index in [9.17, 15) is 4.79 Å². The van der Waals surface area contributed by atoms with Crippen LogP contribution in [0, 0.1) is 13.8 Å². The van der Waals surface area contributed by atoms with Gasteiger partial charge in [0, 0.05) is 5.69 Å². The zero-order valence-electron chi connectivity index (χ0n) is 14.4. The van der Waals surface area contributed by atoms with Crippen molar-refractivity contribution >= 4 is 28.6 Å². The van der Waals surface area contributed by atoms with Gasteiger partial charge in [-0.25, -0.2) is 5.43 Å². The minimum absolute atomic E-state index is 0.180. The Balaban J connectivity index is 1.54. The van der Waals surface area contributed by atoms with Crippen LogP contribution in [-0.2, 0) is 4.79 Å². The van der Waals surface area contributed by atoms with E-state index in [2.05, 4.69) is 34.0 Å². The van der Waals surface area contributed by atoms with E-state index in [1.807, 2.05) is 56.3 Å². The second-order valence-corrected chi connectivity index (χ2v) is 6.07. The highest BCUT2D eigenvalue weighted by Crippen LogP contribution is 2.16. The van der Waals surface area contributed by atoms with Crippen LogP contribution in [-0.4, -0.2) is 18.7 Å². The summed E-state index contributed by atoms with van der Waals surface area (Å²) in [5.74, 6) is -0.183. The monoisotopic (exact) mass is 331 g/mol. The number of rotatable bonds is 5. The van der Waals surface area contributed by atoms with Crippen molar-refractivity contribution < 1.29 is 4.79 Å². The first-order valence-corrected chi connectivity index (χ1v) is 8.24. The molecule has 0 aliphatic rings. The van der Waals surface area contributed by atoms with Crippen molar-refractivity contribution in [2.24, 2.45) is 5.10 Å². The maximum atomic E-state index is 11.9. The predicted octanol–water partition coefficient (Wildman–Crippen LogP) is 4.02. The zero-order chi connectivity index (χ0) is 17.6. The third-order valence-corrected chi connectivity index (χ3v) is 4.00. The van der Waals surface area contributed by atoms with Crippen molar-refractivity contribution in [1.29, 1.82) is 0 Å². The van der Waals surface area contributed by atoms with Gasteiger partial charge in [-0.1, -0.05) is 54.1 Å². The molecule has 0 saturated carbocycles. The van der Waals surface area contributed by atoms with Gasteiger partial charge in [0.05, 0.1) is 12.8 Å². The Hall–Kier alpha value is -3.14. The molecule has 0 aromatic heterocycles. The Morgan fingerprint density at radius 3 is 2.60 bits per heavy atom. The van der Waals surface area contributed by atoms with Gasteiger partial charge >= 0.3 is 0 Å². The molecule has 4 nitrogen and oxygen atoms in total. The molecular weight excluding hydrogens is 310 g/mol. The summed E-state index contributed by atoms with van der Waals surface area (Å²) in [7, 11) is 0. The summed E-state index contributed by atoms with van der Waals surface area (Å²) in [5, 5.41) is 9.49. The summed E-state index contributed by atoms with van der Waals surface area (Å²) in [6.45, 7) is 4.25. The van der Waals surface area contributed by atoms with E-state index in [0.29, 0.717) is 0 Å². The smallest absolute Gasteiger partial charge is 0.259 e. The van der Waals surface area contributed by atoms with Crippen molar-refractivity contribution in [1.82, 2.24) is 5.43 Å². The van der Waals surface area contributed by atoms with Crippen molar-refractivity contribution in [2.75, 3.05) is 11.9 Å². The Bertz CT molecular complexity index is 931. The zero-order valence-corrected chi connectivity index (χ0v) is 14.4. The standard InChI is InChI=1S/C21H21N3O/c1-15-7-10-20(16(2)11-15)22-14-21(25)24-23-13-17-8-9-18-5-3-4-6-19(18)12-17/h3-13,22H,14H2,1-2H3,(H,24,25)/b23-13-. The lowest BCUT2D eigenvalue weighted by molar-refractivity contribution is -0.119. The summed E-state index contributed by atoms with van der Waals surface area (Å²) in [4.78, 5) is 11.9. The van der Waals surface area contributed by atoms with Gasteiger partial charge in [0.25, 0.3) is 5.91 Å². The van der Waals surface area contributed by atoms with Crippen LogP contribution in [0.25, 0.3) is 10.8 Å². The van der Waals surface area contributed by atoms with Crippen LogP contribution < -0.4 is 10.7 Å². The Labute approximate surface area is 147 Å². The molecule has 0 aliphatic carbocycles. The predicted molar refractivity (Wildman–Crippen MR) is 104 cm³/mol. The normalized spacial score (nSPS) is 11.0. The lowest BCUT2D eigenvalue weighted by atomic mass is 10.1. The highest BCUT2D eigenvalue weighted by atomic mass is 16.2. The van der Waals surface area contributed by atoms with Gasteiger partial charge in [0.1, 0.15) is 0 Å². The number of fused-ring (bicyclic) bond motifs is 1. The lowest BCUT2D eigenvalue weighted by Crippen LogP contribution is -2.26. The Morgan fingerprint density at radius 2 is 1.80 bits per heavy atom. The molecule has 0 saturated heterocycles.